The zero-order chi connectivity index (χ0) is 15.4. The van der Waals surface area contributed by atoms with Gasteiger partial charge in [-0.05, 0) is 44.8 Å². The molecule has 1 heterocycles. The van der Waals surface area contributed by atoms with Gasteiger partial charge < -0.3 is 15.0 Å². The summed E-state index contributed by atoms with van der Waals surface area (Å²) in [6.45, 7) is 5.74. The molecule has 0 aromatic heterocycles. The lowest BCUT2D eigenvalue weighted by molar-refractivity contribution is 0.245. The summed E-state index contributed by atoms with van der Waals surface area (Å²) in [4.78, 5) is 4.92. The van der Waals surface area contributed by atoms with Crippen molar-refractivity contribution in [2.75, 3.05) is 47.9 Å². The van der Waals surface area contributed by atoms with Crippen LogP contribution in [0.5, 0.6) is 5.75 Å². The average molecular weight is 291 g/mol. The van der Waals surface area contributed by atoms with Crippen LogP contribution in [0.2, 0.25) is 0 Å². The number of methoxy groups -OCH3 is 1. The number of ether oxygens (including phenoxy) is 1. The van der Waals surface area contributed by atoms with E-state index in [9.17, 15) is 0 Å². The molecule has 0 spiro atoms. The second-order valence-electron chi connectivity index (χ2n) is 6.34. The van der Waals surface area contributed by atoms with Crippen molar-refractivity contribution in [3.63, 3.8) is 0 Å². The van der Waals surface area contributed by atoms with E-state index >= 15 is 0 Å². The fourth-order valence-corrected chi connectivity index (χ4v) is 3.33. The maximum atomic E-state index is 5.23. The normalized spacial score (nSPS) is 24.5. The highest BCUT2D eigenvalue weighted by Crippen LogP contribution is 2.24. The van der Waals surface area contributed by atoms with Crippen LogP contribution in [0, 0.1) is 5.92 Å². The van der Waals surface area contributed by atoms with Gasteiger partial charge in [-0.3, -0.25) is 4.90 Å². The largest absolute Gasteiger partial charge is 0.497 e. The van der Waals surface area contributed by atoms with Crippen LogP contribution in [-0.4, -0.2) is 63.7 Å². The average Bonchev–Trinajstić information content (AvgIpc) is 2.86. The maximum Gasteiger partial charge on any atom is 0.118 e. The minimum absolute atomic E-state index is 0.365. The maximum absolute atomic E-state index is 5.23. The SMILES string of the molecule is CNC(CN1CC(C)C(N(C)C)C1)c1ccc(OC)cc1. The molecule has 1 aromatic carbocycles. The van der Waals surface area contributed by atoms with E-state index in [4.69, 9.17) is 4.74 Å². The second kappa shape index (κ2) is 7.25. The van der Waals surface area contributed by atoms with E-state index in [0.717, 1.165) is 24.8 Å². The molecule has 3 atom stereocenters. The number of rotatable bonds is 6. The molecule has 1 aliphatic rings. The zero-order valence-corrected chi connectivity index (χ0v) is 14.0. The predicted molar refractivity (Wildman–Crippen MR) is 87.9 cm³/mol. The molecular formula is C17H29N3O. The lowest BCUT2D eigenvalue weighted by Crippen LogP contribution is -2.36. The van der Waals surface area contributed by atoms with Gasteiger partial charge in [-0.2, -0.15) is 0 Å². The first-order chi connectivity index (χ1) is 10.0. The molecule has 21 heavy (non-hydrogen) atoms. The van der Waals surface area contributed by atoms with Crippen LogP contribution < -0.4 is 10.1 Å². The van der Waals surface area contributed by atoms with Gasteiger partial charge in [0.25, 0.3) is 0 Å². The number of hydrogen-bond donors (Lipinski definition) is 1. The Morgan fingerprint density at radius 2 is 1.95 bits per heavy atom. The first-order valence-corrected chi connectivity index (χ1v) is 7.75. The van der Waals surface area contributed by atoms with Crippen LogP contribution in [-0.2, 0) is 0 Å². The molecule has 1 aliphatic heterocycles. The van der Waals surface area contributed by atoms with E-state index < -0.39 is 0 Å². The molecule has 1 saturated heterocycles. The molecule has 1 N–H and O–H groups in total. The highest BCUT2D eigenvalue weighted by Gasteiger charge is 2.31. The van der Waals surface area contributed by atoms with Crippen molar-refractivity contribution in [1.29, 1.82) is 0 Å². The monoisotopic (exact) mass is 291 g/mol. The van der Waals surface area contributed by atoms with E-state index in [1.54, 1.807) is 7.11 Å². The van der Waals surface area contributed by atoms with Crippen LogP contribution in [0.15, 0.2) is 24.3 Å². The highest BCUT2D eigenvalue weighted by atomic mass is 16.5. The summed E-state index contributed by atoms with van der Waals surface area (Å²) in [7, 11) is 8.11. The van der Waals surface area contributed by atoms with Gasteiger partial charge in [-0.1, -0.05) is 19.1 Å². The summed E-state index contributed by atoms with van der Waals surface area (Å²) in [6, 6.07) is 9.41. The summed E-state index contributed by atoms with van der Waals surface area (Å²) in [6.07, 6.45) is 0. The Morgan fingerprint density at radius 1 is 1.29 bits per heavy atom. The standard InChI is InChI=1S/C17H29N3O/c1-13-10-20(12-17(13)19(3)4)11-16(18-2)14-6-8-15(21-5)9-7-14/h6-9,13,16-18H,10-12H2,1-5H3. The van der Waals surface area contributed by atoms with E-state index in [1.807, 2.05) is 19.2 Å². The molecule has 118 valence electrons. The van der Waals surface area contributed by atoms with Crippen LogP contribution in [0.3, 0.4) is 0 Å². The summed E-state index contributed by atoms with van der Waals surface area (Å²) in [5.74, 6) is 1.64. The third kappa shape index (κ3) is 3.96. The molecule has 0 aliphatic carbocycles. The minimum Gasteiger partial charge on any atom is -0.497 e. The van der Waals surface area contributed by atoms with Crippen molar-refractivity contribution in [2.45, 2.75) is 19.0 Å². The number of nitrogens with zero attached hydrogens (tertiary/aromatic N) is 2. The molecule has 0 saturated carbocycles. The van der Waals surface area contributed by atoms with Gasteiger partial charge in [0.15, 0.2) is 0 Å². The van der Waals surface area contributed by atoms with E-state index in [-0.39, 0.29) is 0 Å². The summed E-state index contributed by atoms with van der Waals surface area (Å²) < 4.78 is 5.23. The van der Waals surface area contributed by atoms with Crippen molar-refractivity contribution in [1.82, 2.24) is 15.1 Å². The number of benzene rings is 1. The zero-order valence-electron chi connectivity index (χ0n) is 14.0. The fourth-order valence-electron chi connectivity index (χ4n) is 3.33. The molecule has 1 aromatic rings. The summed E-state index contributed by atoms with van der Waals surface area (Å²) in [5.41, 5.74) is 1.32. The Labute approximate surface area is 129 Å². The Hall–Kier alpha value is -1.10. The van der Waals surface area contributed by atoms with Gasteiger partial charge >= 0.3 is 0 Å². The molecular weight excluding hydrogens is 262 g/mol. The predicted octanol–water partition coefficient (Wildman–Crippen LogP) is 1.84. The molecule has 4 heteroatoms. The first kappa shape index (κ1) is 16.3. The third-order valence-electron chi connectivity index (χ3n) is 4.62. The summed E-state index contributed by atoms with van der Waals surface area (Å²) in [5, 5.41) is 3.45. The van der Waals surface area contributed by atoms with E-state index in [2.05, 4.69) is 48.3 Å². The highest BCUT2D eigenvalue weighted by molar-refractivity contribution is 5.29. The molecule has 0 amide bonds. The van der Waals surface area contributed by atoms with Crippen molar-refractivity contribution in [2.24, 2.45) is 5.92 Å². The quantitative estimate of drug-likeness (QED) is 0.865. The molecule has 4 nitrogen and oxygen atoms in total. The lowest BCUT2D eigenvalue weighted by Gasteiger charge is -2.25. The Bertz CT molecular complexity index is 432. The number of hydrogen-bond acceptors (Lipinski definition) is 4. The molecule has 0 radical (unpaired) electrons. The van der Waals surface area contributed by atoms with Gasteiger partial charge in [0.05, 0.1) is 7.11 Å². The smallest absolute Gasteiger partial charge is 0.118 e. The third-order valence-corrected chi connectivity index (χ3v) is 4.62. The minimum atomic E-state index is 0.365. The van der Waals surface area contributed by atoms with Crippen LogP contribution in [0.4, 0.5) is 0 Å². The van der Waals surface area contributed by atoms with Crippen molar-refractivity contribution >= 4 is 0 Å². The molecule has 2 rings (SSSR count). The first-order valence-electron chi connectivity index (χ1n) is 7.75. The molecule has 0 bridgehead atoms. The van der Waals surface area contributed by atoms with Crippen LogP contribution in [0.25, 0.3) is 0 Å². The number of likely N-dealkylation sites (N-methyl/N-ethyl adjacent to an activating group) is 2. The van der Waals surface area contributed by atoms with Crippen molar-refractivity contribution < 1.29 is 4.74 Å². The van der Waals surface area contributed by atoms with Gasteiger partial charge in [0, 0.05) is 31.7 Å². The van der Waals surface area contributed by atoms with Gasteiger partial charge in [-0.25, -0.2) is 0 Å². The van der Waals surface area contributed by atoms with Crippen LogP contribution in [0.1, 0.15) is 18.5 Å². The summed E-state index contributed by atoms with van der Waals surface area (Å²) >= 11 is 0. The van der Waals surface area contributed by atoms with Crippen molar-refractivity contribution in [3.8, 4) is 5.75 Å². The van der Waals surface area contributed by atoms with Gasteiger partial charge in [0.2, 0.25) is 0 Å². The van der Waals surface area contributed by atoms with Gasteiger partial charge in [0.1, 0.15) is 5.75 Å². The Balaban J connectivity index is 1.99. The van der Waals surface area contributed by atoms with E-state index in [1.165, 1.54) is 12.1 Å². The number of nitrogens with one attached hydrogen (secondary N) is 1. The Kier molecular flexibility index (Phi) is 5.62. The second-order valence-corrected chi connectivity index (χ2v) is 6.34. The van der Waals surface area contributed by atoms with Crippen molar-refractivity contribution in [3.05, 3.63) is 29.8 Å². The Morgan fingerprint density at radius 3 is 2.43 bits per heavy atom. The number of likely N-dealkylation sites (tertiary alicyclic amines) is 1. The fraction of sp³-hybridized carbons (Fsp3) is 0.647. The van der Waals surface area contributed by atoms with Gasteiger partial charge in [-0.15, -0.1) is 0 Å². The molecule has 3 unspecified atom stereocenters. The lowest BCUT2D eigenvalue weighted by atomic mass is 10.1. The van der Waals surface area contributed by atoms with Crippen LogP contribution >= 0.6 is 0 Å². The van der Waals surface area contributed by atoms with E-state index in [0.29, 0.717) is 12.1 Å². The topological polar surface area (TPSA) is 27.7 Å². The molecule has 1 fully saturated rings.